The zero-order chi connectivity index (χ0) is 10.7. The van der Waals surface area contributed by atoms with Crippen molar-refractivity contribution in [3.8, 4) is 5.75 Å². The molecule has 0 amide bonds. The average Bonchev–Trinajstić information content (AvgIpc) is 2.18. The maximum Gasteiger partial charge on any atom is 0.202 e. The molecule has 0 radical (unpaired) electrons. The van der Waals surface area contributed by atoms with Gasteiger partial charge in [-0.3, -0.25) is 0 Å². The summed E-state index contributed by atoms with van der Waals surface area (Å²) in [4.78, 5) is 0. The lowest BCUT2D eigenvalue weighted by molar-refractivity contribution is 0.269. The van der Waals surface area contributed by atoms with Crippen LogP contribution >= 0.6 is 15.9 Å². The number of ether oxygens (including phenoxy) is 1. The number of hydrogen-bond donors (Lipinski definition) is 1. The minimum atomic E-state index is -1.08. The zero-order valence-corrected chi connectivity index (χ0v) is 9.07. The van der Waals surface area contributed by atoms with Crippen molar-refractivity contribution in [2.45, 2.75) is 13.5 Å². The summed E-state index contributed by atoms with van der Waals surface area (Å²) in [5, 5.41) is 8.72. The maximum atomic E-state index is 13.3. The van der Waals surface area contributed by atoms with Crippen molar-refractivity contribution in [3.05, 3.63) is 27.7 Å². The van der Waals surface area contributed by atoms with Gasteiger partial charge in [0.25, 0.3) is 0 Å². The Morgan fingerprint density at radius 2 is 2.07 bits per heavy atom. The quantitative estimate of drug-likeness (QED) is 0.853. The van der Waals surface area contributed by atoms with Gasteiger partial charge in [0.15, 0.2) is 11.6 Å². The lowest BCUT2D eigenvalue weighted by Crippen LogP contribution is -2.01. The van der Waals surface area contributed by atoms with E-state index in [0.717, 1.165) is 0 Å². The molecule has 0 saturated carbocycles. The van der Waals surface area contributed by atoms with Crippen LogP contribution in [0.5, 0.6) is 5.75 Å². The average molecular weight is 267 g/mol. The summed E-state index contributed by atoms with van der Waals surface area (Å²) in [6, 6.07) is 1.30. The van der Waals surface area contributed by atoms with Crippen LogP contribution in [0.25, 0.3) is 0 Å². The molecule has 1 aromatic rings. The molecule has 1 rings (SSSR count). The van der Waals surface area contributed by atoms with E-state index in [0.29, 0.717) is 4.47 Å². The SMILES string of the molecule is CCOc1c(Br)cc(CO)c(F)c1F. The van der Waals surface area contributed by atoms with Crippen LogP contribution in [0.3, 0.4) is 0 Å². The Bertz CT molecular complexity index is 342. The van der Waals surface area contributed by atoms with E-state index in [-0.39, 0.29) is 17.9 Å². The maximum absolute atomic E-state index is 13.3. The van der Waals surface area contributed by atoms with Crippen LogP contribution in [0.15, 0.2) is 10.5 Å². The summed E-state index contributed by atoms with van der Waals surface area (Å²) < 4.78 is 31.6. The lowest BCUT2D eigenvalue weighted by Gasteiger charge is -2.09. The second-order valence-electron chi connectivity index (χ2n) is 2.57. The van der Waals surface area contributed by atoms with Crippen molar-refractivity contribution in [1.29, 1.82) is 0 Å². The molecule has 5 heteroatoms. The molecule has 0 aliphatic carbocycles. The topological polar surface area (TPSA) is 29.5 Å². The van der Waals surface area contributed by atoms with E-state index in [9.17, 15) is 8.78 Å². The van der Waals surface area contributed by atoms with Crippen LogP contribution in [-0.4, -0.2) is 11.7 Å². The molecule has 1 N–H and O–H groups in total. The van der Waals surface area contributed by atoms with Gasteiger partial charge in [-0.05, 0) is 28.9 Å². The Kier molecular flexibility index (Phi) is 3.83. The van der Waals surface area contributed by atoms with E-state index in [1.54, 1.807) is 6.92 Å². The van der Waals surface area contributed by atoms with Crippen molar-refractivity contribution in [2.75, 3.05) is 6.61 Å². The number of benzene rings is 1. The predicted octanol–water partition coefficient (Wildman–Crippen LogP) is 2.62. The summed E-state index contributed by atoms with van der Waals surface area (Å²) in [5.41, 5.74) is -0.0992. The predicted molar refractivity (Wildman–Crippen MR) is 51.1 cm³/mol. The monoisotopic (exact) mass is 266 g/mol. The molecular weight excluding hydrogens is 258 g/mol. The summed E-state index contributed by atoms with van der Waals surface area (Å²) >= 11 is 3.03. The number of halogens is 3. The first-order chi connectivity index (χ1) is 6.61. The van der Waals surface area contributed by atoms with E-state index in [4.69, 9.17) is 9.84 Å². The first-order valence-corrected chi connectivity index (χ1v) is 4.81. The van der Waals surface area contributed by atoms with Gasteiger partial charge in [-0.15, -0.1) is 0 Å². The number of aliphatic hydroxyl groups is 1. The Hall–Kier alpha value is -0.680. The highest BCUT2D eigenvalue weighted by atomic mass is 79.9. The molecule has 1 aromatic carbocycles. The van der Waals surface area contributed by atoms with Crippen molar-refractivity contribution < 1.29 is 18.6 Å². The Labute approximate surface area is 88.6 Å². The molecular formula is C9H9BrF2O2. The second kappa shape index (κ2) is 4.70. The Balaban J connectivity index is 3.26. The molecule has 0 fully saturated rings. The van der Waals surface area contributed by atoms with Gasteiger partial charge in [0.1, 0.15) is 0 Å². The van der Waals surface area contributed by atoms with Gasteiger partial charge in [-0.25, -0.2) is 4.39 Å². The van der Waals surface area contributed by atoms with Crippen LogP contribution in [0.4, 0.5) is 8.78 Å². The zero-order valence-electron chi connectivity index (χ0n) is 7.48. The first kappa shape index (κ1) is 11.4. The number of aliphatic hydroxyl groups excluding tert-OH is 1. The third kappa shape index (κ3) is 2.04. The molecule has 14 heavy (non-hydrogen) atoms. The molecule has 78 valence electrons. The van der Waals surface area contributed by atoms with Gasteiger partial charge in [0.05, 0.1) is 17.7 Å². The highest BCUT2D eigenvalue weighted by Crippen LogP contribution is 2.32. The minimum absolute atomic E-state index is 0.0992. The molecule has 0 spiro atoms. The van der Waals surface area contributed by atoms with Crippen LogP contribution in [0, 0.1) is 11.6 Å². The van der Waals surface area contributed by atoms with Gasteiger partial charge in [-0.2, -0.15) is 4.39 Å². The van der Waals surface area contributed by atoms with Gasteiger partial charge >= 0.3 is 0 Å². The fourth-order valence-electron chi connectivity index (χ4n) is 1.02. The van der Waals surface area contributed by atoms with E-state index in [1.165, 1.54) is 6.07 Å². The molecule has 2 nitrogen and oxygen atoms in total. The summed E-state index contributed by atoms with van der Waals surface area (Å²) in [6.07, 6.45) is 0. The highest BCUT2D eigenvalue weighted by Gasteiger charge is 2.17. The molecule has 0 heterocycles. The standard InChI is InChI=1S/C9H9BrF2O2/c1-2-14-9-6(10)3-5(4-13)7(11)8(9)12/h3,13H,2,4H2,1H3. The Morgan fingerprint density at radius 1 is 1.43 bits per heavy atom. The van der Waals surface area contributed by atoms with Crippen molar-refractivity contribution in [3.63, 3.8) is 0 Å². The largest absolute Gasteiger partial charge is 0.489 e. The summed E-state index contributed by atoms with van der Waals surface area (Å²) in [5.74, 6) is -2.31. The van der Waals surface area contributed by atoms with Crippen LogP contribution in [0.1, 0.15) is 12.5 Å². The first-order valence-electron chi connectivity index (χ1n) is 4.01. The third-order valence-corrected chi connectivity index (χ3v) is 2.24. The van der Waals surface area contributed by atoms with Crippen LogP contribution in [0.2, 0.25) is 0 Å². The number of hydrogen-bond acceptors (Lipinski definition) is 2. The molecule has 0 atom stereocenters. The van der Waals surface area contributed by atoms with Crippen molar-refractivity contribution >= 4 is 15.9 Å². The molecule has 0 saturated heterocycles. The molecule has 0 aromatic heterocycles. The molecule has 0 aliphatic rings. The van der Waals surface area contributed by atoms with Gasteiger partial charge in [0.2, 0.25) is 5.82 Å². The van der Waals surface area contributed by atoms with E-state index < -0.39 is 18.2 Å². The van der Waals surface area contributed by atoms with Crippen molar-refractivity contribution in [2.24, 2.45) is 0 Å². The minimum Gasteiger partial charge on any atom is -0.489 e. The number of rotatable bonds is 3. The normalized spacial score (nSPS) is 10.4. The van der Waals surface area contributed by atoms with Crippen LogP contribution in [-0.2, 0) is 6.61 Å². The fraction of sp³-hybridized carbons (Fsp3) is 0.333. The van der Waals surface area contributed by atoms with Crippen LogP contribution < -0.4 is 4.74 Å². The van der Waals surface area contributed by atoms with E-state index in [2.05, 4.69) is 15.9 Å². The molecule has 0 unspecified atom stereocenters. The smallest absolute Gasteiger partial charge is 0.202 e. The van der Waals surface area contributed by atoms with Gasteiger partial charge in [0, 0.05) is 5.56 Å². The van der Waals surface area contributed by atoms with Gasteiger partial charge < -0.3 is 9.84 Å². The molecule has 0 bridgehead atoms. The van der Waals surface area contributed by atoms with E-state index in [1.807, 2.05) is 0 Å². The fourth-order valence-corrected chi connectivity index (χ4v) is 1.58. The molecule has 0 aliphatic heterocycles. The summed E-state index contributed by atoms with van der Waals surface area (Å²) in [7, 11) is 0. The van der Waals surface area contributed by atoms with Gasteiger partial charge in [-0.1, -0.05) is 0 Å². The van der Waals surface area contributed by atoms with E-state index >= 15 is 0 Å². The Morgan fingerprint density at radius 3 is 2.57 bits per heavy atom. The lowest BCUT2D eigenvalue weighted by atomic mass is 10.2. The van der Waals surface area contributed by atoms with Crippen molar-refractivity contribution in [1.82, 2.24) is 0 Å². The second-order valence-corrected chi connectivity index (χ2v) is 3.42. The highest BCUT2D eigenvalue weighted by molar-refractivity contribution is 9.10. The summed E-state index contributed by atoms with van der Waals surface area (Å²) in [6.45, 7) is 1.37. The third-order valence-electron chi connectivity index (χ3n) is 1.65.